The molecule has 0 aliphatic rings. The third-order valence-electron chi connectivity index (χ3n) is 3.52. The van der Waals surface area contributed by atoms with Crippen LogP contribution in [0.15, 0.2) is 0 Å². The summed E-state index contributed by atoms with van der Waals surface area (Å²) >= 11 is 0. The number of imide groups is 1. The lowest BCUT2D eigenvalue weighted by Gasteiger charge is -2.31. The summed E-state index contributed by atoms with van der Waals surface area (Å²) in [5.41, 5.74) is -1.87. The molecule has 0 aliphatic heterocycles. The van der Waals surface area contributed by atoms with Crippen LogP contribution in [0.25, 0.3) is 0 Å². The van der Waals surface area contributed by atoms with Crippen molar-refractivity contribution < 1.29 is 38.5 Å². The van der Waals surface area contributed by atoms with Crippen LogP contribution in [-0.4, -0.2) is 70.6 Å². The largest absolute Gasteiger partial charge is 0.480 e. The molecule has 0 fully saturated rings. The summed E-state index contributed by atoms with van der Waals surface area (Å²) in [6, 6.07) is -2.06. The molecular formula is C20H36N2O8. The van der Waals surface area contributed by atoms with E-state index in [4.69, 9.17) is 14.2 Å². The minimum atomic E-state index is -1.49. The normalized spacial score (nSPS) is 13.7. The van der Waals surface area contributed by atoms with E-state index in [1.165, 1.54) is 0 Å². The number of hydrogen-bond donors (Lipinski definition) is 2. The van der Waals surface area contributed by atoms with Gasteiger partial charge < -0.3 is 24.6 Å². The number of esters is 1. The lowest BCUT2D eigenvalue weighted by atomic mass is 10.1. The van der Waals surface area contributed by atoms with E-state index in [-0.39, 0.29) is 26.0 Å². The topological polar surface area (TPSA) is 131 Å². The summed E-state index contributed by atoms with van der Waals surface area (Å²) in [7, 11) is 0. The number of nitrogens with zero attached hydrogens (tertiary/aromatic N) is 1. The highest BCUT2D eigenvalue weighted by atomic mass is 16.6. The monoisotopic (exact) mass is 432 g/mol. The first-order chi connectivity index (χ1) is 13.6. The number of aliphatic carboxylic acids is 1. The molecule has 0 aliphatic carbocycles. The summed E-state index contributed by atoms with van der Waals surface area (Å²) in [6.45, 7) is 13.5. The number of amides is 2. The van der Waals surface area contributed by atoms with Crippen molar-refractivity contribution in [2.45, 2.75) is 91.5 Å². The van der Waals surface area contributed by atoms with Crippen molar-refractivity contribution in [1.82, 2.24) is 10.2 Å². The van der Waals surface area contributed by atoms with E-state index in [1.807, 2.05) is 0 Å². The predicted molar refractivity (Wildman–Crippen MR) is 109 cm³/mol. The molecule has 0 heterocycles. The van der Waals surface area contributed by atoms with Gasteiger partial charge in [0.2, 0.25) is 0 Å². The molecule has 0 saturated heterocycles. The minimum Gasteiger partial charge on any atom is -0.480 e. The van der Waals surface area contributed by atoms with Crippen LogP contribution in [0.5, 0.6) is 0 Å². The van der Waals surface area contributed by atoms with Gasteiger partial charge in [-0.1, -0.05) is 0 Å². The maximum absolute atomic E-state index is 12.6. The Bertz CT molecular complexity index is 579. The molecule has 2 atom stereocenters. The molecule has 174 valence electrons. The standard InChI is InChI=1S/C20H36N2O8/c1-9-28-16(25)13(2)21-12-10-11-14(15(23)24)22(17(26)29-19(3,4)5)18(27)30-20(6,7)8/h13-14,21H,9-12H2,1-8H3,(H,23,24)/t13-,14-/m1/s1. The van der Waals surface area contributed by atoms with Crippen LogP contribution in [0.1, 0.15) is 68.2 Å². The second-order valence-electron chi connectivity index (χ2n) is 8.75. The fourth-order valence-electron chi connectivity index (χ4n) is 2.28. The van der Waals surface area contributed by atoms with Crippen molar-refractivity contribution in [3.05, 3.63) is 0 Å². The van der Waals surface area contributed by atoms with Crippen LogP contribution >= 0.6 is 0 Å². The number of carboxylic acid groups (broad SMARTS) is 1. The smallest absolute Gasteiger partial charge is 0.420 e. The third kappa shape index (κ3) is 11.0. The summed E-state index contributed by atoms with van der Waals surface area (Å²) in [4.78, 5) is 49.2. The van der Waals surface area contributed by atoms with Crippen molar-refractivity contribution in [3.8, 4) is 0 Å². The lowest BCUT2D eigenvalue weighted by molar-refractivity contribution is -0.145. The molecule has 0 aromatic heterocycles. The average Bonchev–Trinajstić information content (AvgIpc) is 2.53. The van der Waals surface area contributed by atoms with Crippen molar-refractivity contribution in [1.29, 1.82) is 0 Å². The number of nitrogens with one attached hydrogen (secondary N) is 1. The van der Waals surface area contributed by atoms with Gasteiger partial charge in [0.15, 0.2) is 0 Å². The number of carboxylic acids is 1. The van der Waals surface area contributed by atoms with Gasteiger partial charge in [-0.2, -0.15) is 4.90 Å². The van der Waals surface area contributed by atoms with Gasteiger partial charge in [0.25, 0.3) is 0 Å². The van der Waals surface area contributed by atoms with Crippen LogP contribution < -0.4 is 5.32 Å². The van der Waals surface area contributed by atoms with Gasteiger partial charge in [-0.05, 0) is 74.8 Å². The number of hydrogen-bond acceptors (Lipinski definition) is 8. The van der Waals surface area contributed by atoms with Gasteiger partial charge >= 0.3 is 24.1 Å². The molecule has 10 nitrogen and oxygen atoms in total. The number of carbonyl (C=O) groups is 4. The summed E-state index contributed by atoms with van der Waals surface area (Å²) < 4.78 is 15.3. The fraction of sp³-hybridized carbons (Fsp3) is 0.800. The second-order valence-corrected chi connectivity index (χ2v) is 8.75. The Hall–Kier alpha value is -2.36. The van der Waals surface area contributed by atoms with E-state index in [0.717, 1.165) is 0 Å². The maximum atomic E-state index is 12.6. The second kappa shape index (κ2) is 11.7. The van der Waals surface area contributed by atoms with Crippen molar-refractivity contribution in [3.63, 3.8) is 0 Å². The predicted octanol–water partition coefficient (Wildman–Crippen LogP) is 2.93. The molecular weight excluding hydrogens is 396 g/mol. The first kappa shape index (κ1) is 27.6. The highest BCUT2D eigenvalue weighted by molar-refractivity contribution is 5.93. The fourth-order valence-corrected chi connectivity index (χ4v) is 2.28. The van der Waals surface area contributed by atoms with E-state index in [1.54, 1.807) is 55.4 Å². The first-order valence-electron chi connectivity index (χ1n) is 9.97. The van der Waals surface area contributed by atoms with E-state index in [9.17, 15) is 24.3 Å². The molecule has 2 amide bonds. The summed E-state index contributed by atoms with van der Waals surface area (Å²) in [5, 5.41) is 12.6. The molecule has 0 aromatic carbocycles. The minimum absolute atomic E-state index is 0.0592. The van der Waals surface area contributed by atoms with Gasteiger partial charge in [0.05, 0.1) is 6.61 Å². The van der Waals surface area contributed by atoms with Crippen molar-refractivity contribution in [2.75, 3.05) is 13.2 Å². The molecule has 2 N–H and O–H groups in total. The third-order valence-corrected chi connectivity index (χ3v) is 3.52. The highest BCUT2D eigenvalue weighted by Crippen LogP contribution is 2.19. The summed E-state index contributed by atoms with van der Waals surface area (Å²) in [6.07, 6.45) is -1.99. The van der Waals surface area contributed by atoms with E-state index in [2.05, 4.69) is 5.32 Å². The van der Waals surface area contributed by atoms with E-state index >= 15 is 0 Å². The van der Waals surface area contributed by atoms with Gasteiger partial charge in [-0.25, -0.2) is 14.4 Å². The van der Waals surface area contributed by atoms with E-state index < -0.39 is 47.4 Å². The van der Waals surface area contributed by atoms with Gasteiger partial charge in [-0.3, -0.25) is 4.79 Å². The number of rotatable bonds is 9. The summed E-state index contributed by atoms with van der Waals surface area (Å²) in [5.74, 6) is -1.79. The molecule has 0 bridgehead atoms. The Morgan fingerprint density at radius 2 is 1.43 bits per heavy atom. The Labute approximate surface area is 178 Å². The lowest BCUT2D eigenvalue weighted by Crippen LogP contribution is -2.52. The van der Waals surface area contributed by atoms with Crippen molar-refractivity contribution in [2.24, 2.45) is 0 Å². The number of carbonyl (C=O) groups excluding carboxylic acids is 3. The first-order valence-corrected chi connectivity index (χ1v) is 9.97. The Morgan fingerprint density at radius 3 is 1.80 bits per heavy atom. The van der Waals surface area contributed by atoms with Crippen molar-refractivity contribution >= 4 is 24.1 Å². The van der Waals surface area contributed by atoms with Gasteiger partial charge in [0.1, 0.15) is 23.3 Å². The molecule has 0 radical (unpaired) electrons. The van der Waals surface area contributed by atoms with Gasteiger partial charge in [0, 0.05) is 0 Å². The van der Waals surface area contributed by atoms with Crippen LogP contribution in [0.3, 0.4) is 0 Å². The zero-order valence-electron chi connectivity index (χ0n) is 19.2. The Balaban J connectivity index is 5.31. The Morgan fingerprint density at radius 1 is 0.967 bits per heavy atom. The molecule has 0 unspecified atom stereocenters. The quantitative estimate of drug-likeness (QED) is 0.320. The van der Waals surface area contributed by atoms with Crippen LogP contribution in [-0.2, 0) is 23.8 Å². The molecule has 30 heavy (non-hydrogen) atoms. The highest BCUT2D eigenvalue weighted by Gasteiger charge is 2.40. The van der Waals surface area contributed by atoms with Crippen LogP contribution in [0.2, 0.25) is 0 Å². The van der Waals surface area contributed by atoms with E-state index in [0.29, 0.717) is 4.90 Å². The molecule has 0 aromatic rings. The zero-order chi connectivity index (χ0) is 23.7. The molecule has 0 saturated carbocycles. The SMILES string of the molecule is CCOC(=O)[C@@H](C)NCCC[C@H](C(=O)O)N(C(=O)OC(C)(C)C)C(=O)OC(C)(C)C. The molecule has 10 heteroatoms. The molecule has 0 rings (SSSR count). The number of ether oxygens (including phenoxy) is 3. The Kier molecular flexibility index (Phi) is 10.8. The molecule has 0 spiro atoms. The zero-order valence-corrected chi connectivity index (χ0v) is 19.2. The van der Waals surface area contributed by atoms with Crippen LogP contribution in [0.4, 0.5) is 9.59 Å². The van der Waals surface area contributed by atoms with Gasteiger partial charge in [-0.15, -0.1) is 0 Å². The maximum Gasteiger partial charge on any atom is 0.420 e. The average molecular weight is 433 g/mol. The van der Waals surface area contributed by atoms with Crippen LogP contribution in [0, 0.1) is 0 Å².